The summed E-state index contributed by atoms with van der Waals surface area (Å²) < 4.78 is 66.9. The third kappa shape index (κ3) is 31.6. The molecule has 0 radical (unpaired) electrons. The molecule has 5 unspecified atom stereocenters. The minimum absolute atomic E-state index is 0.0112. The number of piperazine rings is 1. The molecule has 9 saturated heterocycles. The minimum Gasteiger partial charge on any atom is -0.306 e. The molecule has 750 valence electrons. The average Bonchev–Trinajstić information content (AvgIpc) is 1.72. The van der Waals surface area contributed by atoms with Crippen LogP contribution in [0.4, 0.5) is 22.0 Å². The molecule has 0 saturated carbocycles. The first-order valence-electron chi connectivity index (χ1n) is 52.8. The van der Waals surface area contributed by atoms with Gasteiger partial charge in [-0.25, -0.2) is 8.78 Å². The first-order chi connectivity index (χ1) is 63.3. The topological polar surface area (TPSA) is 32.4 Å². The van der Waals surface area contributed by atoms with Crippen LogP contribution in [0.5, 0.6) is 0 Å². The predicted molar refractivity (Wildman–Crippen MR) is 563 cm³/mol. The van der Waals surface area contributed by atoms with Gasteiger partial charge in [0, 0.05) is 126 Å². The van der Waals surface area contributed by atoms with Crippen molar-refractivity contribution in [2.24, 2.45) is 5.92 Å². The molecular weight excluding hydrogens is 1680 g/mol. The molecule has 10 nitrogen and oxygen atoms in total. The molecule has 0 aromatic heterocycles. The second-order valence-corrected chi connectivity index (χ2v) is 48.3. The van der Waals surface area contributed by atoms with Crippen LogP contribution < -0.4 is 0 Å². The zero-order valence-corrected chi connectivity index (χ0v) is 89.7. The molecule has 0 amide bonds. The summed E-state index contributed by atoms with van der Waals surface area (Å²) in [6.07, 6.45) is 20.5. The van der Waals surface area contributed by atoms with Crippen molar-refractivity contribution in [3.8, 4) is 0 Å². The Labute approximate surface area is 820 Å². The Balaban J connectivity index is 0.000000164. The number of likely N-dealkylation sites (tertiary alicyclic amines) is 8. The van der Waals surface area contributed by atoms with E-state index >= 15 is 0 Å². The zero-order valence-electron chi connectivity index (χ0n) is 89.7. The Bertz CT molecular complexity index is 4500. The van der Waals surface area contributed by atoms with Crippen LogP contribution in [-0.2, 0) is 31.5 Å². The Morgan fingerprint density at radius 3 is 0.970 bits per heavy atom. The van der Waals surface area contributed by atoms with Gasteiger partial charge in [0.1, 0.15) is 0 Å². The van der Waals surface area contributed by atoms with E-state index in [4.69, 9.17) is 0 Å². The average molecular weight is 1860 g/mol. The predicted octanol–water partition coefficient (Wildman–Crippen LogP) is 30.1. The van der Waals surface area contributed by atoms with Crippen molar-refractivity contribution in [3.05, 3.63) is 248 Å². The van der Waals surface area contributed by atoms with E-state index in [1.54, 1.807) is 57.6 Å². The molecule has 16 rings (SSSR count). The van der Waals surface area contributed by atoms with Crippen LogP contribution in [-0.4, -0.2) is 187 Å². The lowest BCUT2D eigenvalue weighted by Crippen LogP contribution is -2.44. The second kappa shape index (κ2) is 48.5. The highest BCUT2D eigenvalue weighted by Gasteiger charge is 2.44. The van der Waals surface area contributed by atoms with E-state index in [9.17, 15) is 22.0 Å². The SMILES string of the molecule is CC(C)(C)N1CCCC1c1ccccc1C(F)(F)F.CC(F)(F)c1ccccc1C1CCCN1C(C)(C)C.CCCCc1ccccc1C1CCCN1C(C)(C)C.CN1CCC(Cc2ccccc2[C@H]2CCCN2C(C)(C)C)CC1.CN1CCN(Cc2ccccc2[C@H]2CCCN2C(C)(C)C)CC1.Cc1ccc(C2CCCN2C(C)(C)C)cc1.Cc1cccc(C2CCCN2C(C)(C)C)c1. The van der Waals surface area contributed by atoms with E-state index in [0.717, 1.165) is 63.7 Å². The normalized spacial score (nSPS) is 23.0. The number of nitrogens with zero attached hydrogens (tertiary/aromatic N) is 10. The summed E-state index contributed by atoms with van der Waals surface area (Å²) in [7, 11) is 4.48. The summed E-state index contributed by atoms with van der Waals surface area (Å²) in [6.45, 7) is 71.8. The lowest BCUT2D eigenvalue weighted by Gasteiger charge is -2.38. The van der Waals surface area contributed by atoms with Gasteiger partial charge in [-0.2, -0.15) is 13.2 Å². The van der Waals surface area contributed by atoms with E-state index in [1.807, 2.05) is 12.1 Å². The third-order valence-electron chi connectivity index (χ3n) is 30.5. The quantitative estimate of drug-likeness (QED) is 0.0926. The molecule has 9 heterocycles. The molecule has 7 atom stereocenters. The molecule has 9 aliphatic rings. The zero-order chi connectivity index (χ0) is 98.8. The van der Waals surface area contributed by atoms with Crippen LogP contribution in [0.25, 0.3) is 0 Å². The maximum Gasteiger partial charge on any atom is 0.416 e. The van der Waals surface area contributed by atoms with Gasteiger partial charge in [0.25, 0.3) is 5.92 Å². The molecule has 9 aliphatic heterocycles. The summed E-state index contributed by atoms with van der Waals surface area (Å²) in [5.41, 5.74) is 17.4. The highest BCUT2D eigenvalue weighted by Crippen LogP contribution is 2.48. The monoisotopic (exact) mass is 1860 g/mol. The van der Waals surface area contributed by atoms with Gasteiger partial charge >= 0.3 is 6.18 Å². The number of rotatable bonds is 15. The van der Waals surface area contributed by atoms with Crippen molar-refractivity contribution in [1.82, 2.24) is 49.0 Å². The molecule has 135 heavy (non-hydrogen) atoms. The molecule has 7 aromatic carbocycles. The van der Waals surface area contributed by atoms with Crippen molar-refractivity contribution in [2.75, 3.05) is 99.2 Å². The fourth-order valence-electron chi connectivity index (χ4n) is 23.5. The fraction of sp³-hybridized carbons (Fsp3) is 0.650. The Morgan fingerprint density at radius 2 is 0.593 bits per heavy atom. The van der Waals surface area contributed by atoms with E-state index in [2.05, 4.69) is 351 Å². The van der Waals surface area contributed by atoms with Crippen LogP contribution in [0, 0.1) is 19.8 Å². The van der Waals surface area contributed by atoms with Gasteiger partial charge in [-0.05, 0) is 422 Å². The lowest BCUT2D eigenvalue weighted by atomic mass is 9.86. The smallest absolute Gasteiger partial charge is 0.306 e. The van der Waals surface area contributed by atoms with Gasteiger partial charge in [0.15, 0.2) is 0 Å². The van der Waals surface area contributed by atoms with Crippen molar-refractivity contribution in [3.63, 3.8) is 0 Å². The highest BCUT2D eigenvalue weighted by molar-refractivity contribution is 5.38. The van der Waals surface area contributed by atoms with E-state index in [0.29, 0.717) is 35.8 Å². The number of benzene rings is 7. The molecule has 9 fully saturated rings. The first kappa shape index (κ1) is 111. The van der Waals surface area contributed by atoms with Crippen molar-refractivity contribution >= 4 is 0 Å². The fourth-order valence-corrected chi connectivity index (χ4v) is 23.5. The molecular formula is C120H185F5N10. The molecule has 7 aromatic rings. The van der Waals surface area contributed by atoms with Gasteiger partial charge in [0.2, 0.25) is 0 Å². The van der Waals surface area contributed by atoms with Crippen molar-refractivity contribution < 1.29 is 22.0 Å². The van der Waals surface area contributed by atoms with Gasteiger partial charge < -0.3 is 9.80 Å². The molecule has 0 spiro atoms. The second-order valence-electron chi connectivity index (χ2n) is 48.3. The number of piperidine rings is 1. The minimum atomic E-state index is -4.28. The van der Waals surface area contributed by atoms with E-state index in [-0.39, 0.29) is 56.4 Å². The number of likely N-dealkylation sites (N-methyl/N-ethyl adjacent to an activating group) is 1. The Morgan fingerprint density at radius 1 is 0.281 bits per heavy atom. The van der Waals surface area contributed by atoms with E-state index < -0.39 is 17.7 Å². The molecule has 0 bridgehead atoms. The number of hydrogen-bond acceptors (Lipinski definition) is 10. The Hall–Kier alpha value is -6.21. The summed E-state index contributed by atoms with van der Waals surface area (Å²) in [5, 5.41) is 0. The highest BCUT2D eigenvalue weighted by atomic mass is 19.4. The van der Waals surface area contributed by atoms with E-state index in [1.165, 1.54) is 209 Å². The largest absolute Gasteiger partial charge is 0.416 e. The maximum atomic E-state index is 13.8. The van der Waals surface area contributed by atoms with Crippen LogP contribution in [0.15, 0.2) is 170 Å². The van der Waals surface area contributed by atoms with Gasteiger partial charge in [-0.3, -0.25) is 39.2 Å². The van der Waals surface area contributed by atoms with Gasteiger partial charge in [-0.1, -0.05) is 188 Å². The number of halogens is 5. The van der Waals surface area contributed by atoms with Gasteiger partial charge in [0.05, 0.1) is 5.56 Å². The van der Waals surface area contributed by atoms with Crippen LogP contribution in [0.3, 0.4) is 0 Å². The first-order valence-corrected chi connectivity index (χ1v) is 52.8. The third-order valence-corrected chi connectivity index (χ3v) is 30.5. The van der Waals surface area contributed by atoms with Gasteiger partial charge in [-0.15, -0.1) is 0 Å². The number of alkyl halides is 5. The van der Waals surface area contributed by atoms with Crippen LogP contribution in [0.2, 0.25) is 0 Å². The number of unbranched alkanes of at least 4 members (excludes halogenated alkanes) is 1. The maximum absolute atomic E-state index is 13.8. The standard InChI is InChI=1S/C21H34N2.C20H33N3.C18H29N.C16H23F2N.C15H20F3N.2C15H23N/c1-21(2,3)23-13-7-10-20(23)19-9-6-5-8-18(19)16-17-11-14-22(4)15-12-17;1-20(2,3)23-11-7-10-19(23)18-9-6-5-8-17(18)16-22-14-12-21(4)13-15-22;1-5-6-10-15-11-7-8-12-16(15)17-13-9-14-19(17)18(2,3)4;1-15(2,3)19-11-7-10-14(19)12-8-5-6-9-13(12)16(4,17)18;1-14(2,3)19-10-6-9-13(19)11-7-4-5-8-12(11)15(16,17)18;1-12-7-5-8-13(11-12)14-9-6-10-16(14)15(2,3)4;1-12-7-9-13(10-8-12)14-6-5-11-16(14)15(2,3)4/h5-6,8-9,17,20H,7,10-16H2,1-4H3;5-6,8-9,19H,7,10-16H2,1-4H3;7-8,11-12,17H,5-6,9-10,13-14H2,1-4H3;5-6,8-9,14H,7,10-11H2,1-4H3;4-5,7-8,13H,6,9-10H2,1-3H3;5,7-8,11,14H,6,9-10H2,1-4H3;7-10,14H,5-6,11H2,1-4H3/t20-;19-;;;;;/m11...../s1. The van der Waals surface area contributed by atoms with Crippen molar-refractivity contribution in [1.29, 1.82) is 0 Å². The lowest BCUT2D eigenvalue weighted by molar-refractivity contribution is -0.138. The van der Waals surface area contributed by atoms with Crippen LogP contribution in [0.1, 0.15) is 395 Å². The molecule has 0 aliphatic carbocycles. The summed E-state index contributed by atoms with van der Waals surface area (Å²) in [6, 6.07) is 61.6. The van der Waals surface area contributed by atoms with Crippen LogP contribution >= 0.6 is 0 Å². The molecule has 15 heteroatoms. The van der Waals surface area contributed by atoms with Crippen molar-refractivity contribution in [2.45, 2.75) is 401 Å². The molecule has 0 N–H and O–H groups in total. The number of aryl methyl sites for hydroxylation is 3. The Kier molecular flexibility index (Phi) is 39.8. The summed E-state index contributed by atoms with van der Waals surface area (Å²) in [5.74, 6) is -1.90. The summed E-state index contributed by atoms with van der Waals surface area (Å²) in [4.78, 5) is 25.4. The number of hydrogen-bond donors (Lipinski definition) is 0. The summed E-state index contributed by atoms with van der Waals surface area (Å²) >= 11 is 0.